The van der Waals surface area contributed by atoms with Crippen molar-refractivity contribution in [2.45, 2.75) is 356 Å². The number of nitrogens with one attached hydrogen (secondary N) is 1. The van der Waals surface area contributed by atoms with Gasteiger partial charge in [0.15, 0.2) is 11.7 Å². The van der Waals surface area contributed by atoms with Crippen molar-refractivity contribution in [1.29, 1.82) is 5.41 Å². The molecule has 2 N–H and O–H groups in total. The second-order valence-corrected chi connectivity index (χ2v) is 35.9. The van der Waals surface area contributed by atoms with Crippen molar-refractivity contribution in [3.05, 3.63) is 201 Å². The number of nitrogens with zero attached hydrogens (tertiary/aromatic N) is 5. The Morgan fingerprint density at radius 2 is 0.759 bits per heavy atom. The molecule has 0 radical (unpaired) electrons. The van der Waals surface area contributed by atoms with E-state index in [-0.39, 0.29) is 23.3 Å². The van der Waals surface area contributed by atoms with Gasteiger partial charge in [-0.25, -0.2) is 15.0 Å². The molecule has 12 heteroatoms. The molecule has 624 valence electrons. The van der Waals surface area contributed by atoms with E-state index in [1.54, 1.807) is 0 Å². The Labute approximate surface area is 701 Å². The average Bonchev–Trinajstić information content (AvgIpc) is 1.62. The van der Waals surface area contributed by atoms with E-state index in [2.05, 4.69) is 164 Å². The van der Waals surface area contributed by atoms with Crippen molar-refractivity contribution in [3.8, 4) is 40.2 Å². The van der Waals surface area contributed by atoms with E-state index in [4.69, 9.17) is 33.8 Å². The molecule has 0 unspecified atom stereocenters. The molecular weight excluding hydrogens is 1420 g/mol. The molecule has 11 nitrogen and oxygen atoms in total. The quantitative estimate of drug-likeness (QED) is 0.0289. The summed E-state index contributed by atoms with van der Waals surface area (Å²) < 4.78 is 29.4. The summed E-state index contributed by atoms with van der Waals surface area (Å²) in [4.78, 5) is 18.5. The predicted octanol–water partition coefficient (Wildman–Crippen LogP) is 31.0. The van der Waals surface area contributed by atoms with Gasteiger partial charge < -0.3 is 33.3 Å². The summed E-state index contributed by atoms with van der Waals surface area (Å²) in [5.74, 6) is 7.09. The van der Waals surface area contributed by atoms with Crippen LogP contribution in [0.5, 0.6) is 40.2 Å². The van der Waals surface area contributed by atoms with Gasteiger partial charge in [0.2, 0.25) is 0 Å². The molecule has 0 spiro atoms. The van der Waals surface area contributed by atoms with Gasteiger partial charge in [-0.1, -0.05) is 330 Å². The van der Waals surface area contributed by atoms with Crippen LogP contribution in [0.15, 0.2) is 161 Å². The number of aryl methyl sites for hydroxylation is 4. The molecule has 0 atom stereocenters. The second-order valence-electron chi connectivity index (χ2n) is 35.9. The fourth-order valence-electron chi connectivity index (χ4n) is 16.8. The second kappa shape index (κ2) is 47.4. The van der Waals surface area contributed by atoms with Crippen molar-refractivity contribution < 1.29 is 24.0 Å². The van der Waals surface area contributed by atoms with Crippen LogP contribution in [-0.2, 0) is 48.4 Å². The van der Waals surface area contributed by atoms with Crippen molar-refractivity contribution in [2.75, 3.05) is 0 Å². The third-order valence-electron chi connectivity index (χ3n) is 23.7. The van der Waals surface area contributed by atoms with Crippen LogP contribution in [0.1, 0.15) is 368 Å². The summed E-state index contributed by atoms with van der Waals surface area (Å²) >= 11 is 0. The van der Waals surface area contributed by atoms with Crippen LogP contribution in [0.3, 0.4) is 0 Å². The minimum absolute atomic E-state index is 0.218. The highest BCUT2D eigenvalue weighted by Gasteiger charge is 2.39. The summed E-state index contributed by atoms with van der Waals surface area (Å²) in [6, 6.07) is 48.2. The first-order valence-corrected chi connectivity index (χ1v) is 46.2. The maximum absolute atomic E-state index is 11.8. The van der Waals surface area contributed by atoms with E-state index in [9.17, 15) is 10.5 Å². The summed E-state index contributed by atoms with van der Waals surface area (Å²) in [6.07, 6.45) is 57.3. The van der Waals surface area contributed by atoms with E-state index in [1.807, 2.05) is 67.2 Å². The van der Waals surface area contributed by atoms with E-state index < -0.39 is 7.05 Å². The monoisotopic (exact) mass is 1570 g/mol. The van der Waals surface area contributed by atoms with Gasteiger partial charge in [-0.2, -0.15) is 0 Å². The number of hydrogen-bond donors (Lipinski definition) is 2. The first kappa shape index (κ1) is 90.1. The molecule has 10 rings (SSSR count). The number of fused-ring (bicyclic) bond motifs is 3. The van der Waals surface area contributed by atoms with Crippen molar-refractivity contribution in [1.82, 2.24) is 9.38 Å². The Hall–Kier alpha value is -8.22. The zero-order valence-electron chi connectivity index (χ0n) is 73.7. The first-order chi connectivity index (χ1) is 56.4. The van der Waals surface area contributed by atoms with Crippen LogP contribution in [0.4, 0.5) is 5.82 Å². The lowest BCUT2D eigenvalue weighted by molar-refractivity contribution is 0.294. The molecular formula is C104H145BN6O5. The van der Waals surface area contributed by atoms with Gasteiger partial charge in [0.05, 0.1) is 6.61 Å². The van der Waals surface area contributed by atoms with Gasteiger partial charge in [0.1, 0.15) is 57.7 Å². The molecule has 0 aliphatic carbocycles. The lowest BCUT2D eigenvalue weighted by atomic mass is 9.78. The number of rotatable bonds is 53. The van der Waals surface area contributed by atoms with Crippen molar-refractivity contribution >= 4 is 47.0 Å². The Morgan fingerprint density at radius 3 is 1.16 bits per heavy atom. The van der Waals surface area contributed by atoms with Gasteiger partial charge in [-0.3, -0.25) is 5.41 Å². The summed E-state index contributed by atoms with van der Waals surface area (Å²) in [5, 5.41) is 24.0. The van der Waals surface area contributed by atoms with Crippen LogP contribution < -0.4 is 14.2 Å². The van der Waals surface area contributed by atoms with Crippen LogP contribution >= 0.6 is 0 Å². The maximum Gasteiger partial charge on any atom is 0.419 e. The number of ether oxygens (including phenoxy) is 3. The van der Waals surface area contributed by atoms with E-state index in [0.29, 0.717) is 40.3 Å². The molecule has 8 aromatic rings. The molecule has 7 aromatic carbocycles. The highest BCUT2D eigenvalue weighted by Crippen LogP contribution is 2.42. The molecule has 2 aliphatic heterocycles. The first-order valence-electron chi connectivity index (χ1n) is 46.2. The van der Waals surface area contributed by atoms with Gasteiger partial charge in [0, 0.05) is 46.3 Å². The summed E-state index contributed by atoms with van der Waals surface area (Å²) in [6.45, 7) is 21.9. The van der Waals surface area contributed by atoms with Gasteiger partial charge in [0.25, 0.3) is 0 Å². The number of aromatic nitrogens is 1. The lowest BCUT2D eigenvalue weighted by Gasteiger charge is -2.29. The molecule has 0 amide bonds. The van der Waals surface area contributed by atoms with Crippen molar-refractivity contribution in [3.63, 3.8) is 0 Å². The van der Waals surface area contributed by atoms with E-state index >= 15 is 0 Å². The zero-order valence-corrected chi connectivity index (χ0v) is 73.7. The number of benzene rings is 7. The molecule has 0 fully saturated rings. The van der Waals surface area contributed by atoms with E-state index in [0.717, 1.165) is 105 Å². The minimum Gasteiger partial charge on any atom is -0.507 e. The molecule has 1 aromatic heterocycles. The normalized spacial score (nSPS) is 13.6. The summed E-state index contributed by atoms with van der Waals surface area (Å²) in [7, 11) is 1.34. The fraction of sp³-hybridized carbons (Fsp3) is 0.538. The van der Waals surface area contributed by atoms with Crippen molar-refractivity contribution in [2.24, 2.45) is 22.0 Å². The molecule has 3 heterocycles. The van der Waals surface area contributed by atoms with Crippen LogP contribution in [0.25, 0.3) is 10.8 Å². The molecule has 0 saturated heterocycles. The smallest absolute Gasteiger partial charge is 0.419 e. The predicted molar refractivity (Wildman–Crippen MR) is 493 cm³/mol. The topological polar surface area (TPSA) is 126 Å². The zero-order chi connectivity index (χ0) is 81.9. The Morgan fingerprint density at radius 1 is 0.397 bits per heavy atom. The molecule has 0 saturated carbocycles. The minimum atomic E-state index is -0.696. The van der Waals surface area contributed by atoms with Crippen LogP contribution in [-0.4, -0.2) is 44.9 Å². The highest BCUT2D eigenvalue weighted by atomic mass is 16.5. The third kappa shape index (κ3) is 28.2. The molecule has 2 aliphatic rings. The third-order valence-corrected chi connectivity index (χ3v) is 23.7. The van der Waals surface area contributed by atoms with Crippen LogP contribution in [0, 0.1) is 5.41 Å². The number of aromatic hydroxyl groups is 1. The largest absolute Gasteiger partial charge is 0.507 e. The summed E-state index contributed by atoms with van der Waals surface area (Å²) in [5.41, 5.74) is 8.78. The number of phenolic OH excluding ortho intramolecular Hbond substituents is 1. The maximum atomic E-state index is 11.8. The van der Waals surface area contributed by atoms with Gasteiger partial charge >= 0.3 is 7.05 Å². The number of aliphatic imine (C=N–C) groups is 3. The van der Waals surface area contributed by atoms with Gasteiger partial charge in [-0.05, 0) is 193 Å². The van der Waals surface area contributed by atoms with Gasteiger partial charge in [-0.15, -0.1) is 0 Å². The molecule has 116 heavy (non-hydrogen) atoms. The Kier molecular flexibility index (Phi) is 36.8. The number of amidine groups is 4. The fourth-order valence-corrected chi connectivity index (χ4v) is 16.8. The Balaban J connectivity index is 0.918. The van der Waals surface area contributed by atoms with Crippen LogP contribution in [0.2, 0.25) is 6.82 Å². The number of unbranched alkanes of at least 4 members (excludes halogenated alkanes) is 36. The highest BCUT2D eigenvalue weighted by molar-refractivity contribution is 6.59. The Bertz CT molecular complexity index is 4400. The standard InChI is InChI=1S/C104H145BN6O5/c1-12-15-18-21-24-27-30-33-36-39-42-45-48-54-79-57-51-60-84(69-79)114-87-64-63-83-77-110(11)101(92(83)74-87)108-99-90-67-65-89(116-86-62-53-59-81(71-86)56-50-47-44-41-38-35-32-29-26-23-20-17-14-3)76-94(90)100(107-99)109-102-91-68-66-88(115-85-61-52-58-80(70-85)55-49-46-43-40-37-34-31-28-25-22-19-16-13-2)75-93(91)98(106)111(102)105(10)113-78-82-72-95(103(4,5)6)97(112)96(73-82)104(7,8)9/h51-53,57-77,106,112H,12-50,54-56,78H2,1-11H3/b106-98?,108-99-,109-102-. The molecule has 0 bridgehead atoms. The number of phenols is 1. The number of hydrogen-bond acceptors (Lipinski definition) is 8. The lowest BCUT2D eigenvalue weighted by Crippen LogP contribution is -2.44. The SMILES string of the molecule is CCCCCCCCCCCCCCCc1cccc(Oc2ccc3c(c2)C(/N=C2/c4ccc(Oc5cccc(CCCCCCCCCCCCCCC)c5)cc4C(=N)N2B(C)OCc2cc(C(C)(C)C)c(O)c(C(C)(C)C)c2)=NC/3=N\c2c3cc(Oc4cccc(CCCCCCCCCCCCCCC)c4)ccc3cn2C)c1. The van der Waals surface area contributed by atoms with E-state index in [1.165, 1.54) is 254 Å². The average molecular weight is 1570 g/mol.